The smallest absolute Gasteiger partial charge is 0.229 e. The van der Waals surface area contributed by atoms with E-state index in [2.05, 4.69) is 27.3 Å². The first kappa shape index (κ1) is 23.0. The van der Waals surface area contributed by atoms with Gasteiger partial charge in [-0.25, -0.2) is 4.98 Å². The quantitative estimate of drug-likeness (QED) is 0.545. The molecule has 3 aromatic rings. The lowest BCUT2D eigenvalue weighted by Gasteiger charge is -2.33. The molecule has 1 aromatic heterocycles. The van der Waals surface area contributed by atoms with E-state index in [1.165, 1.54) is 0 Å². The maximum atomic E-state index is 12.7. The minimum absolute atomic E-state index is 0.0120. The van der Waals surface area contributed by atoms with Gasteiger partial charge in [-0.3, -0.25) is 9.69 Å². The lowest BCUT2D eigenvalue weighted by atomic mass is 9.97. The zero-order chi connectivity index (χ0) is 23.0. The van der Waals surface area contributed by atoms with Crippen LogP contribution in [0.25, 0.3) is 11.1 Å². The fourth-order valence-electron chi connectivity index (χ4n) is 4.19. The normalized spacial score (nSPS) is 17.3. The van der Waals surface area contributed by atoms with Crippen LogP contribution in [0.5, 0.6) is 5.75 Å². The van der Waals surface area contributed by atoms with Crippen LogP contribution in [0.1, 0.15) is 18.5 Å². The Morgan fingerprint density at radius 1 is 1.09 bits per heavy atom. The molecule has 1 fully saturated rings. The van der Waals surface area contributed by atoms with Crippen LogP contribution in [-0.4, -0.2) is 53.2 Å². The van der Waals surface area contributed by atoms with Crippen molar-refractivity contribution < 1.29 is 14.6 Å². The molecule has 1 aliphatic heterocycles. The number of piperidine rings is 1. The van der Waals surface area contributed by atoms with Crippen LogP contribution in [-0.2, 0) is 4.79 Å². The van der Waals surface area contributed by atoms with Crippen molar-refractivity contribution in [2.24, 2.45) is 5.92 Å². The van der Waals surface area contributed by atoms with E-state index in [1.807, 2.05) is 61.5 Å². The van der Waals surface area contributed by atoms with Gasteiger partial charge in [0.05, 0.1) is 5.92 Å². The molecule has 1 amide bonds. The van der Waals surface area contributed by atoms with E-state index in [0.717, 1.165) is 42.0 Å². The number of aromatic nitrogens is 1. The standard InChI is InChI=1S/C27H31N3O3/c1-20-7-5-11-26(28-20)29-27(32)23-10-6-16-30(17-23)18-24(31)19-33-25-14-12-22(13-15-25)21-8-3-2-4-9-21/h2-5,7-9,11-15,23-24,31H,6,10,16-19H2,1H3,(H,28,29,32). The third-order valence-electron chi connectivity index (χ3n) is 5.89. The maximum Gasteiger partial charge on any atom is 0.229 e. The Morgan fingerprint density at radius 2 is 1.85 bits per heavy atom. The number of carbonyl (C=O) groups excluding carboxylic acids is 1. The first-order valence-corrected chi connectivity index (χ1v) is 11.5. The van der Waals surface area contributed by atoms with E-state index in [9.17, 15) is 9.90 Å². The van der Waals surface area contributed by atoms with Gasteiger partial charge in [-0.05, 0) is 61.7 Å². The van der Waals surface area contributed by atoms with Gasteiger partial charge in [0.25, 0.3) is 0 Å². The molecule has 4 rings (SSSR count). The van der Waals surface area contributed by atoms with Crippen molar-refractivity contribution in [3.63, 3.8) is 0 Å². The fourth-order valence-corrected chi connectivity index (χ4v) is 4.19. The van der Waals surface area contributed by atoms with Crippen molar-refractivity contribution in [2.45, 2.75) is 25.9 Å². The molecule has 1 aliphatic rings. The highest BCUT2D eigenvalue weighted by molar-refractivity contribution is 5.91. The monoisotopic (exact) mass is 445 g/mol. The number of nitrogens with zero attached hydrogens (tertiary/aromatic N) is 2. The Hall–Kier alpha value is -3.22. The number of aliphatic hydroxyl groups excluding tert-OH is 1. The number of nitrogens with one attached hydrogen (secondary N) is 1. The van der Waals surface area contributed by atoms with Crippen molar-refractivity contribution in [2.75, 3.05) is 31.6 Å². The lowest BCUT2D eigenvalue weighted by molar-refractivity contribution is -0.121. The number of carbonyl (C=O) groups is 1. The number of likely N-dealkylation sites (tertiary alicyclic amines) is 1. The van der Waals surface area contributed by atoms with Crippen molar-refractivity contribution in [1.29, 1.82) is 0 Å². The van der Waals surface area contributed by atoms with Gasteiger partial charge in [0.1, 0.15) is 24.3 Å². The SMILES string of the molecule is Cc1cccc(NC(=O)C2CCCN(CC(O)COc3ccc(-c4ccccc4)cc3)C2)n1. The number of anilines is 1. The number of aliphatic hydroxyl groups is 1. The molecule has 172 valence electrons. The average molecular weight is 446 g/mol. The summed E-state index contributed by atoms with van der Waals surface area (Å²) in [4.78, 5) is 19.2. The summed E-state index contributed by atoms with van der Waals surface area (Å²) in [5.74, 6) is 1.20. The Balaban J connectivity index is 1.23. The fraction of sp³-hybridized carbons (Fsp3) is 0.333. The van der Waals surface area contributed by atoms with Crippen LogP contribution in [0.2, 0.25) is 0 Å². The maximum absolute atomic E-state index is 12.7. The molecule has 2 aromatic carbocycles. The largest absolute Gasteiger partial charge is 0.491 e. The van der Waals surface area contributed by atoms with Gasteiger partial charge in [0.2, 0.25) is 5.91 Å². The Kier molecular flexibility index (Phi) is 7.70. The summed E-state index contributed by atoms with van der Waals surface area (Å²) in [6.45, 7) is 4.09. The third kappa shape index (κ3) is 6.63. The molecule has 0 spiro atoms. The van der Waals surface area contributed by atoms with Gasteiger partial charge in [0.15, 0.2) is 0 Å². The second-order valence-electron chi connectivity index (χ2n) is 8.61. The predicted octanol–water partition coefficient (Wildman–Crippen LogP) is 4.15. The molecular weight excluding hydrogens is 414 g/mol. The summed E-state index contributed by atoms with van der Waals surface area (Å²) in [5, 5.41) is 13.4. The summed E-state index contributed by atoms with van der Waals surface area (Å²) in [6, 6.07) is 23.7. The van der Waals surface area contributed by atoms with Crippen molar-refractivity contribution in [3.8, 4) is 16.9 Å². The Bertz CT molecular complexity index is 1040. The van der Waals surface area contributed by atoms with Gasteiger partial charge in [0, 0.05) is 18.8 Å². The van der Waals surface area contributed by atoms with E-state index < -0.39 is 6.10 Å². The molecule has 2 N–H and O–H groups in total. The highest BCUT2D eigenvalue weighted by Crippen LogP contribution is 2.22. The number of rotatable bonds is 8. The van der Waals surface area contributed by atoms with Crippen molar-refractivity contribution in [1.82, 2.24) is 9.88 Å². The molecule has 6 heteroatoms. The summed E-state index contributed by atoms with van der Waals surface area (Å²) in [6.07, 6.45) is 1.14. The summed E-state index contributed by atoms with van der Waals surface area (Å²) in [5.41, 5.74) is 3.16. The molecule has 2 unspecified atom stereocenters. The van der Waals surface area contributed by atoms with Crippen LogP contribution in [0, 0.1) is 12.8 Å². The van der Waals surface area contributed by atoms with Gasteiger partial charge < -0.3 is 15.2 Å². The van der Waals surface area contributed by atoms with Crippen LogP contribution < -0.4 is 10.1 Å². The number of amides is 1. The number of pyridine rings is 1. The first-order chi connectivity index (χ1) is 16.1. The second-order valence-corrected chi connectivity index (χ2v) is 8.61. The molecule has 6 nitrogen and oxygen atoms in total. The number of ether oxygens (including phenoxy) is 1. The molecular formula is C27H31N3O3. The summed E-state index contributed by atoms with van der Waals surface area (Å²) >= 11 is 0. The van der Waals surface area contributed by atoms with Crippen LogP contribution in [0.15, 0.2) is 72.8 Å². The molecule has 0 saturated carbocycles. The second kappa shape index (κ2) is 11.1. The topological polar surface area (TPSA) is 74.7 Å². The predicted molar refractivity (Wildman–Crippen MR) is 130 cm³/mol. The van der Waals surface area contributed by atoms with Gasteiger partial charge in [-0.1, -0.05) is 48.5 Å². The minimum Gasteiger partial charge on any atom is -0.491 e. The van der Waals surface area contributed by atoms with Crippen molar-refractivity contribution in [3.05, 3.63) is 78.5 Å². The van der Waals surface area contributed by atoms with Crippen LogP contribution in [0.4, 0.5) is 5.82 Å². The number of β-amino-alcohol motifs (C(OH)–C–C–N with tert-alkyl or cyclic N) is 1. The van der Waals surface area contributed by atoms with Gasteiger partial charge in [-0.2, -0.15) is 0 Å². The summed E-state index contributed by atoms with van der Waals surface area (Å²) < 4.78 is 5.80. The number of aryl methyl sites for hydroxylation is 1. The number of hydrogen-bond donors (Lipinski definition) is 2. The molecule has 2 atom stereocenters. The highest BCUT2D eigenvalue weighted by Gasteiger charge is 2.27. The number of hydrogen-bond acceptors (Lipinski definition) is 5. The third-order valence-corrected chi connectivity index (χ3v) is 5.89. The highest BCUT2D eigenvalue weighted by atomic mass is 16.5. The molecule has 0 aliphatic carbocycles. The zero-order valence-corrected chi connectivity index (χ0v) is 19.0. The molecule has 33 heavy (non-hydrogen) atoms. The van der Waals surface area contributed by atoms with E-state index in [0.29, 0.717) is 18.9 Å². The Labute approximate surface area is 195 Å². The van der Waals surface area contributed by atoms with Crippen LogP contribution >= 0.6 is 0 Å². The average Bonchev–Trinajstić information content (AvgIpc) is 2.84. The van der Waals surface area contributed by atoms with Crippen molar-refractivity contribution >= 4 is 11.7 Å². The Morgan fingerprint density at radius 3 is 2.61 bits per heavy atom. The van der Waals surface area contributed by atoms with Gasteiger partial charge >= 0.3 is 0 Å². The van der Waals surface area contributed by atoms with Gasteiger partial charge in [-0.15, -0.1) is 0 Å². The molecule has 2 heterocycles. The van der Waals surface area contributed by atoms with Crippen LogP contribution in [0.3, 0.4) is 0 Å². The van der Waals surface area contributed by atoms with E-state index in [-0.39, 0.29) is 18.4 Å². The zero-order valence-electron chi connectivity index (χ0n) is 19.0. The number of benzene rings is 2. The molecule has 0 bridgehead atoms. The molecule has 0 radical (unpaired) electrons. The first-order valence-electron chi connectivity index (χ1n) is 11.5. The summed E-state index contributed by atoms with van der Waals surface area (Å²) in [7, 11) is 0. The lowest BCUT2D eigenvalue weighted by Crippen LogP contribution is -2.44. The molecule has 1 saturated heterocycles. The van der Waals surface area contributed by atoms with E-state index in [1.54, 1.807) is 6.07 Å². The minimum atomic E-state index is -0.626. The van der Waals surface area contributed by atoms with E-state index >= 15 is 0 Å². The van der Waals surface area contributed by atoms with E-state index in [4.69, 9.17) is 4.74 Å².